The van der Waals surface area contributed by atoms with Crippen LogP contribution in [-0.4, -0.2) is 34.1 Å². The molecule has 2 aromatic carbocycles. The Morgan fingerprint density at radius 3 is 2.35 bits per heavy atom. The zero-order valence-corrected chi connectivity index (χ0v) is 23.1. The van der Waals surface area contributed by atoms with E-state index in [0.29, 0.717) is 23.4 Å². The molecule has 40 heavy (non-hydrogen) atoms. The predicted molar refractivity (Wildman–Crippen MR) is 154 cm³/mol. The number of rotatable bonds is 9. The summed E-state index contributed by atoms with van der Waals surface area (Å²) in [6.45, 7) is 3.84. The first-order valence-corrected chi connectivity index (χ1v) is 14.5. The van der Waals surface area contributed by atoms with Gasteiger partial charge in [0.15, 0.2) is 15.6 Å². The van der Waals surface area contributed by atoms with E-state index in [4.69, 9.17) is 4.98 Å². The highest BCUT2D eigenvalue weighted by atomic mass is 32.2. The Labute approximate surface area is 234 Å². The SMILES string of the molecule is Cc1ccc(S(=O)(=O)Cc2ccc(C(=O)Cc3ccc(C)c(Cc4nccc(-c5cccnc5)n4)c3)cc2)cn1. The minimum absolute atomic E-state index is 0.0400. The standard InChI is InChI=1S/C32H28N4O3S/c1-22-5-7-25(16-28(22)18-32-34-15-13-30(36-32)27-4-3-14-33-19-27)17-31(37)26-10-8-24(9-11-26)21-40(38,39)29-12-6-23(2)35-20-29/h3-16,19-20H,17-18,21H2,1-2H3. The van der Waals surface area contributed by atoms with E-state index in [-0.39, 0.29) is 22.9 Å². The van der Waals surface area contributed by atoms with Gasteiger partial charge < -0.3 is 0 Å². The second-order valence-electron chi connectivity index (χ2n) is 9.73. The molecule has 0 spiro atoms. The number of pyridine rings is 2. The Balaban J connectivity index is 1.26. The summed E-state index contributed by atoms with van der Waals surface area (Å²) in [6, 6.07) is 21.7. The first-order valence-electron chi connectivity index (χ1n) is 12.9. The van der Waals surface area contributed by atoms with E-state index < -0.39 is 9.84 Å². The lowest BCUT2D eigenvalue weighted by molar-refractivity contribution is 0.0993. The van der Waals surface area contributed by atoms with Gasteiger partial charge in [0.1, 0.15) is 5.82 Å². The Bertz CT molecular complexity index is 1750. The van der Waals surface area contributed by atoms with E-state index in [9.17, 15) is 13.2 Å². The summed E-state index contributed by atoms with van der Waals surface area (Å²) in [5.41, 5.74) is 6.70. The summed E-state index contributed by atoms with van der Waals surface area (Å²) in [5.74, 6) is 0.499. The molecule has 0 aliphatic rings. The third-order valence-corrected chi connectivity index (χ3v) is 8.34. The van der Waals surface area contributed by atoms with Gasteiger partial charge in [0.25, 0.3) is 0 Å². The molecule has 5 rings (SSSR count). The minimum Gasteiger partial charge on any atom is -0.294 e. The van der Waals surface area contributed by atoms with Gasteiger partial charge in [-0.1, -0.05) is 42.5 Å². The molecular formula is C32H28N4O3S. The molecule has 5 aromatic rings. The molecule has 7 nitrogen and oxygen atoms in total. The number of Topliss-reactive ketones (excluding diaryl/α,β-unsaturated/α-hetero) is 1. The van der Waals surface area contributed by atoms with Crippen molar-refractivity contribution in [1.82, 2.24) is 19.9 Å². The average molecular weight is 549 g/mol. The number of benzene rings is 2. The fourth-order valence-corrected chi connectivity index (χ4v) is 5.66. The number of ketones is 1. The molecule has 0 N–H and O–H groups in total. The van der Waals surface area contributed by atoms with Gasteiger partial charge in [0.2, 0.25) is 0 Å². The summed E-state index contributed by atoms with van der Waals surface area (Å²) < 4.78 is 25.5. The van der Waals surface area contributed by atoms with Gasteiger partial charge >= 0.3 is 0 Å². The van der Waals surface area contributed by atoms with E-state index in [2.05, 4.69) is 15.0 Å². The van der Waals surface area contributed by atoms with Crippen molar-refractivity contribution in [3.63, 3.8) is 0 Å². The average Bonchev–Trinajstić information content (AvgIpc) is 2.96. The van der Waals surface area contributed by atoms with Crippen LogP contribution in [0.5, 0.6) is 0 Å². The van der Waals surface area contributed by atoms with Crippen molar-refractivity contribution in [2.75, 3.05) is 0 Å². The van der Waals surface area contributed by atoms with Gasteiger partial charge in [-0.3, -0.25) is 14.8 Å². The van der Waals surface area contributed by atoms with Crippen molar-refractivity contribution in [1.29, 1.82) is 0 Å². The largest absolute Gasteiger partial charge is 0.294 e. The number of carbonyl (C=O) groups is 1. The molecular weight excluding hydrogens is 520 g/mol. The minimum atomic E-state index is -3.53. The smallest absolute Gasteiger partial charge is 0.184 e. The molecule has 0 radical (unpaired) electrons. The molecule has 0 saturated carbocycles. The van der Waals surface area contributed by atoms with Crippen LogP contribution in [0, 0.1) is 13.8 Å². The van der Waals surface area contributed by atoms with E-state index in [0.717, 1.165) is 33.6 Å². The maximum absolute atomic E-state index is 13.1. The summed E-state index contributed by atoms with van der Waals surface area (Å²) in [7, 11) is -3.53. The lowest BCUT2D eigenvalue weighted by Crippen LogP contribution is -2.07. The van der Waals surface area contributed by atoms with Gasteiger partial charge in [0.05, 0.1) is 16.3 Å². The zero-order valence-electron chi connectivity index (χ0n) is 22.3. The number of carbonyl (C=O) groups excluding carboxylic acids is 1. The third-order valence-electron chi connectivity index (χ3n) is 6.67. The summed E-state index contributed by atoms with van der Waals surface area (Å²) in [6.07, 6.45) is 7.40. The highest BCUT2D eigenvalue weighted by Gasteiger charge is 2.17. The van der Waals surface area contributed by atoms with Crippen molar-refractivity contribution >= 4 is 15.6 Å². The van der Waals surface area contributed by atoms with Crippen molar-refractivity contribution in [3.8, 4) is 11.3 Å². The van der Waals surface area contributed by atoms with Gasteiger partial charge in [0, 0.05) is 54.4 Å². The van der Waals surface area contributed by atoms with Crippen LogP contribution in [0.3, 0.4) is 0 Å². The molecule has 200 valence electrons. The summed E-state index contributed by atoms with van der Waals surface area (Å²) >= 11 is 0. The number of aryl methyl sites for hydroxylation is 2. The van der Waals surface area contributed by atoms with E-state index in [1.165, 1.54) is 6.20 Å². The van der Waals surface area contributed by atoms with Crippen LogP contribution in [0.2, 0.25) is 0 Å². The number of hydrogen-bond donors (Lipinski definition) is 0. The van der Waals surface area contributed by atoms with Crippen molar-refractivity contribution in [2.45, 2.75) is 37.3 Å². The maximum atomic E-state index is 13.1. The molecule has 3 heterocycles. The van der Waals surface area contributed by atoms with Crippen molar-refractivity contribution in [3.05, 3.63) is 137 Å². The fourth-order valence-electron chi connectivity index (χ4n) is 4.37. The zero-order chi connectivity index (χ0) is 28.1. The summed E-state index contributed by atoms with van der Waals surface area (Å²) in [5, 5.41) is 0. The molecule has 0 saturated heterocycles. The molecule has 8 heteroatoms. The first-order chi connectivity index (χ1) is 19.3. The molecule has 0 amide bonds. The Morgan fingerprint density at radius 1 is 0.825 bits per heavy atom. The lowest BCUT2D eigenvalue weighted by atomic mass is 9.97. The van der Waals surface area contributed by atoms with Gasteiger partial charge in [-0.2, -0.15) is 0 Å². The van der Waals surface area contributed by atoms with Gasteiger partial charge in [-0.15, -0.1) is 0 Å². The number of hydrogen-bond acceptors (Lipinski definition) is 7. The van der Waals surface area contributed by atoms with Crippen LogP contribution < -0.4 is 0 Å². The first kappa shape index (κ1) is 27.0. The lowest BCUT2D eigenvalue weighted by Gasteiger charge is -2.10. The Hall–Kier alpha value is -4.56. The van der Waals surface area contributed by atoms with Crippen LogP contribution in [0.1, 0.15) is 44.1 Å². The molecule has 0 fully saturated rings. The van der Waals surface area contributed by atoms with E-state index in [1.807, 2.05) is 43.3 Å². The van der Waals surface area contributed by atoms with Crippen LogP contribution in [0.25, 0.3) is 11.3 Å². The van der Waals surface area contributed by atoms with Gasteiger partial charge in [-0.25, -0.2) is 18.4 Å². The van der Waals surface area contributed by atoms with Crippen LogP contribution in [0.4, 0.5) is 0 Å². The topological polar surface area (TPSA) is 103 Å². The second kappa shape index (κ2) is 11.7. The third kappa shape index (κ3) is 6.52. The van der Waals surface area contributed by atoms with Crippen LogP contribution in [0.15, 0.2) is 102 Å². The monoisotopic (exact) mass is 548 g/mol. The van der Waals surface area contributed by atoms with E-state index >= 15 is 0 Å². The predicted octanol–water partition coefficient (Wildman–Crippen LogP) is 5.54. The number of sulfone groups is 1. The highest BCUT2D eigenvalue weighted by Crippen LogP contribution is 2.20. The fraction of sp³-hybridized carbons (Fsp3) is 0.156. The van der Waals surface area contributed by atoms with E-state index in [1.54, 1.807) is 61.9 Å². The molecule has 0 bridgehead atoms. The molecule has 3 aromatic heterocycles. The van der Waals surface area contributed by atoms with Crippen LogP contribution >= 0.6 is 0 Å². The molecule has 0 unspecified atom stereocenters. The second-order valence-corrected chi connectivity index (χ2v) is 11.7. The quantitative estimate of drug-likeness (QED) is 0.223. The Morgan fingerprint density at radius 2 is 1.62 bits per heavy atom. The number of nitrogens with zero attached hydrogens (tertiary/aromatic N) is 4. The molecule has 0 atom stereocenters. The molecule has 0 aliphatic carbocycles. The van der Waals surface area contributed by atoms with Crippen LogP contribution in [-0.2, 0) is 28.4 Å². The maximum Gasteiger partial charge on any atom is 0.184 e. The normalized spacial score (nSPS) is 11.3. The van der Waals surface area contributed by atoms with Crippen molar-refractivity contribution < 1.29 is 13.2 Å². The Kier molecular flexibility index (Phi) is 7.89. The number of aromatic nitrogens is 4. The highest BCUT2D eigenvalue weighted by molar-refractivity contribution is 7.90. The molecule has 0 aliphatic heterocycles. The van der Waals surface area contributed by atoms with Crippen molar-refractivity contribution in [2.24, 2.45) is 0 Å². The van der Waals surface area contributed by atoms with Gasteiger partial charge in [-0.05, 0) is 66.4 Å². The summed E-state index contributed by atoms with van der Waals surface area (Å²) in [4.78, 5) is 30.7.